The lowest BCUT2D eigenvalue weighted by atomic mass is 9.97. The maximum atomic E-state index is 12.4. The monoisotopic (exact) mass is 280 g/mol. The van der Waals surface area contributed by atoms with Crippen LogP contribution in [0, 0.1) is 6.92 Å². The number of hydrogen-bond donors (Lipinski definition) is 0. The lowest BCUT2D eigenvalue weighted by molar-refractivity contribution is 0.0993. The molecule has 108 valence electrons. The minimum absolute atomic E-state index is 0.160. The van der Waals surface area contributed by atoms with Gasteiger partial charge in [0, 0.05) is 18.4 Å². The Morgan fingerprint density at radius 2 is 2.00 bits per heavy atom. The molecule has 1 aliphatic heterocycles. The summed E-state index contributed by atoms with van der Waals surface area (Å²) in [5.74, 6) is 1.07. The van der Waals surface area contributed by atoms with Crippen LogP contribution in [0.2, 0.25) is 0 Å². The molecule has 0 atom stereocenters. The maximum absolute atomic E-state index is 12.4. The molecule has 0 saturated carbocycles. The van der Waals surface area contributed by atoms with Crippen LogP contribution in [0.3, 0.4) is 0 Å². The number of fused-ring (bicyclic) bond motifs is 1. The van der Waals surface area contributed by atoms with Crippen LogP contribution < -0.4 is 4.74 Å². The molecule has 2 aromatic carbocycles. The van der Waals surface area contributed by atoms with E-state index in [9.17, 15) is 4.79 Å². The fraction of sp³-hybridized carbons (Fsp3) is 0.316. The Bertz CT molecular complexity index is 698. The van der Waals surface area contributed by atoms with Crippen LogP contribution in [0.4, 0.5) is 0 Å². The minimum atomic E-state index is -0.166. The summed E-state index contributed by atoms with van der Waals surface area (Å²) in [6, 6.07) is 13.9. The van der Waals surface area contributed by atoms with Gasteiger partial charge in [-0.05, 0) is 50.1 Å². The molecule has 0 N–H and O–H groups in total. The van der Waals surface area contributed by atoms with Gasteiger partial charge in [0.1, 0.15) is 11.4 Å². The van der Waals surface area contributed by atoms with Crippen molar-refractivity contribution in [1.82, 2.24) is 0 Å². The van der Waals surface area contributed by atoms with Gasteiger partial charge < -0.3 is 4.74 Å². The van der Waals surface area contributed by atoms with Crippen molar-refractivity contribution in [3.8, 4) is 5.75 Å². The van der Waals surface area contributed by atoms with Gasteiger partial charge in [-0.1, -0.05) is 29.8 Å². The first-order chi connectivity index (χ1) is 9.93. The number of benzene rings is 2. The van der Waals surface area contributed by atoms with E-state index in [4.69, 9.17) is 4.74 Å². The van der Waals surface area contributed by atoms with E-state index < -0.39 is 0 Å². The first-order valence-electron chi connectivity index (χ1n) is 7.34. The number of hydrogen-bond acceptors (Lipinski definition) is 2. The number of aryl methyl sites for hydroxylation is 1. The summed E-state index contributed by atoms with van der Waals surface area (Å²) in [7, 11) is 0. The Labute approximate surface area is 125 Å². The van der Waals surface area contributed by atoms with E-state index in [2.05, 4.69) is 19.9 Å². The van der Waals surface area contributed by atoms with Gasteiger partial charge in [-0.25, -0.2) is 0 Å². The average molecular weight is 280 g/mol. The van der Waals surface area contributed by atoms with Crippen molar-refractivity contribution in [1.29, 1.82) is 0 Å². The van der Waals surface area contributed by atoms with Crippen molar-refractivity contribution in [2.24, 2.45) is 0 Å². The quantitative estimate of drug-likeness (QED) is 0.790. The molecule has 0 spiro atoms. The van der Waals surface area contributed by atoms with Crippen LogP contribution in [0.25, 0.3) is 0 Å². The van der Waals surface area contributed by atoms with Crippen molar-refractivity contribution in [2.75, 3.05) is 0 Å². The Kier molecular flexibility index (Phi) is 3.32. The van der Waals surface area contributed by atoms with Gasteiger partial charge >= 0.3 is 0 Å². The van der Waals surface area contributed by atoms with E-state index in [1.54, 1.807) is 0 Å². The van der Waals surface area contributed by atoms with Crippen LogP contribution in [0.1, 0.15) is 40.9 Å². The number of ketones is 1. The summed E-state index contributed by atoms with van der Waals surface area (Å²) in [6.45, 7) is 6.19. The van der Waals surface area contributed by atoms with Crippen LogP contribution in [0.15, 0.2) is 42.5 Å². The highest BCUT2D eigenvalue weighted by Gasteiger charge is 2.30. The van der Waals surface area contributed by atoms with Gasteiger partial charge in [-0.2, -0.15) is 0 Å². The molecule has 0 fully saturated rings. The number of carbonyl (C=O) groups is 1. The Balaban J connectivity index is 1.81. The lowest BCUT2D eigenvalue weighted by Crippen LogP contribution is -2.24. The van der Waals surface area contributed by atoms with E-state index in [1.807, 2.05) is 43.3 Å². The second-order valence-electron chi connectivity index (χ2n) is 6.45. The highest BCUT2D eigenvalue weighted by molar-refractivity contribution is 5.97. The fourth-order valence-corrected chi connectivity index (χ4v) is 2.89. The van der Waals surface area contributed by atoms with E-state index >= 15 is 0 Å². The van der Waals surface area contributed by atoms with Crippen molar-refractivity contribution < 1.29 is 9.53 Å². The summed E-state index contributed by atoms with van der Waals surface area (Å²) >= 11 is 0. The van der Waals surface area contributed by atoms with E-state index in [0.29, 0.717) is 6.42 Å². The largest absolute Gasteiger partial charge is 0.487 e. The normalized spacial score (nSPS) is 15.4. The Morgan fingerprint density at radius 3 is 2.76 bits per heavy atom. The molecule has 2 aromatic rings. The SMILES string of the molecule is Cc1cccc(CC(=O)c2ccc3c(c2)CC(C)(C)O3)c1. The third kappa shape index (κ3) is 2.99. The molecule has 0 radical (unpaired) electrons. The van der Waals surface area contributed by atoms with Crippen LogP contribution in [-0.4, -0.2) is 11.4 Å². The summed E-state index contributed by atoms with van der Waals surface area (Å²) in [4.78, 5) is 12.4. The number of ether oxygens (including phenoxy) is 1. The van der Waals surface area contributed by atoms with Crippen molar-refractivity contribution in [2.45, 2.75) is 39.2 Å². The van der Waals surface area contributed by atoms with E-state index in [0.717, 1.165) is 28.9 Å². The van der Waals surface area contributed by atoms with Gasteiger partial charge in [0.05, 0.1) is 0 Å². The molecule has 2 nitrogen and oxygen atoms in total. The predicted molar refractivity (Wildman–Crippen MR) is 84.1 cm³/mol. The smallest absolute Gasteiger partial charge is 0.167 e. The summed E-state index contributed by atoms with van der Waals surface area (Å²) in [6.07, 6.45) is 1.30. The second-order valence-corrected chi connectivity index (χ2v) is 6.45. The van der Waals surface area contributed by atoms with Crippen LogP contribution >= 0.6 is 0 Å². The first kappa shape index (κ1) is 13.9. The average Bonchev–Trinajstić information content (AvgIpc) is 2.71. The van der Waals surface area contributed by atoms with Crippen molar-refractivity contribution >= 4 is 5.78 Å². The Morgan fingerprint density at radius 1 is 1.19 bits per heavy atom. The number of carbonyl (C=O) groups excluding carboxylic acids is 1. The molecule has 1 aliphatic rings. The molecule has 0 bridgehead atoms. The van der Waals surface area contributed by atoms with Crippen LogP contribution in [0.5, 0.6) is 5.75 Å². The third-order valence-corrected chi connectivity index (χ3v) is 3.83. The molecular formula is C19H20O2. The zero-order valence-electron chi connectivity index (χ0n) is 12.8. The van der Waals surface area contributed by atoms with Crippen molar-refractivity contribution in [3.05, 3.63) is 64.7 Å². The predicted octanol–water partition coefficient (Wildman–Crippen LogP) is 4.13. The topological polar surface area (TPSA) is 26.3 Å². The molecular weight excluding hydrogens is 260 g/mol. The number of rotatable bonds is 3. The van der Waals surface area contributed by atoms with Gasteiger partial charge in [0.2, 0.25) is 0 Å². The van der Waals surface area contributed by atoms with Gasteiger partial charge in [0.15, 0.2) is 5.78 Å². The van der Waals surface area contributed by atoms with Gasteiger partial charge in [0.25, 0.3) is 0 Å². The zero-order valence-corrected chi connectivity index (χ0v) is 12.8. The standard InChI is InChI=1S/C19H20O2/c1-13-5-4-6-14(9-13)10-17(20)15-7-8-18-16(11-15)12-19(2,3)21-18/h4-9,11H,10,12H2,1-3H3. The van der Waals surface area contributed by atoms with Gasteiger partial charge in [-0.3, -0.25) is 4.79 Å². The maximum Gasteiger partial charge on any atom is 0.167 e. The summed E-state index contributed by atoms with van der Waals surface area (Å²) in [5, 5.41) is 0. The third-order valence-electron chi connectivity index (χ3n) is 3.83. The first-order valence-corrected chi connectivity index (χ1v) is 7.34. The molecule has 21 heavy (non-hydrogen) atoms. The molecule has 0 unspecified atom stereocenters. The Hall–Kier alpha value is -2.09. The zero-order chi connectivity index (χ0) is 15.0. The molecule has 0 aromatic heterocycles. The minimum Gasteiger partial charge on any atom is -0.487 e. The van der Waals surface area contributed by atoms with Gasteiger partial charge in [-0.15, -0.1) is 0 Å². The molecule has 1 heterocycles. The fourth-order valence-electron chi connectivity index (χ4n) is 2.89. The highest BCUT2D eigenvalue weighted by atomic mass is 16.5. The van der Waals surface area contributed by atoms with Crippen LogP contribution in [-0.2, 0) is 12.8 Å². The molecule has 3 rings (SSSR count). The molecule has 2 heteroatoms. The summed E-state index contributed by atoms with van der Waals surface area (Å²) < 4.78 is 5.85. The lowest BCUT2D eigenvalue weighted by Gasteiger charge is -2.16. The van der Waals surface area contributed by atoms with E-state index in [-0.39, 0.29) is 11.4 Å². The number of Topliss-reactive ketones (excluding diaryl/α,β-unsaturated/α-hetero) is 1. The summed E-state index contributed by atoms with van der Waals surface area (Å²) in [5.41, 5.74) is 3.99. The molecule has 0 amide bonds. The molecule has 0 saturated heterocycles. The van der Waals surface area contributed by atoms with E-state index in [1.165, 1.54) is 5.56 Å². The highest BCUT2D eigenvalue weighted by Crippen LogP contribution is 2.35. The van der Waals surface area contributed by atoms with Crippen molar-refractivity contribution in [3.63, 3.8) is 0 Å². The molecule has 0 aliphatic carbocycles. The second kappa shape index (κ2) is 5.03.